The summed E-state index contributed by atoms with van der Waals surface area (Å²) in [6, 6.07) is -1.08. The van der Waals surface area contributed by atoms with Crippen LogP contribution in [0.1, 0.15) is 52.5 Å². The van der Waals surface area contributed by atoms with Crippen LogP contribution in [0.5, 0.6) is 0 Å². The van der Waals surface area contributed by atoms with Crippen LogP contribution in [0.3, 0.4) is 0 Å². The van der Waals surface area contributed by atoms with Crippen molar-refractivity contribution in [3.05, 3.63) is 34.7 Å². The number of carbonyl (C=O) groups excluding carboxylic acids is 2. The van der Waals surface area contributed by atoms with E-state index in [2.05, 4.69) is 15.1 Å². The lowest BCUT2D eigenvalue weighted by molar-refractivity contribution is -0.151. The van der Waals surface area contributed by atoms with Crippen LogP contribution in [0.2, 0.25) is 0 Å². The molecule has 1 atom stereocenters. The van der Waals surface area contributed by atoms with Crippen molar-refractivity contribution in [3.63, 3.8) is 0 Å². The molecule has 9 nitrogen and oxygen atoms in total. The zero-order valence-electron chi connectivity index (χ0n) is 14.9. The standard InChI is InChI=1S/C17H21N5O4/c1-9-14(11(3)23)10(2)22(20-9)7-5-13(24)21-6-4-12-15(19-8-18-12)16(21)17(25)26/h8,16H,4-7H2,1-3H3,(H,18,19)(H,25,26)/t16-/m0/s1. The van der Waals surface area contributed by atoms with Crippen molar-refractivity contribution < 1.29 is 19.5 Å². The summed E-state index contributed by atoms with van der Waals surface area (Å²) in [6.45, 7) is 5.64. The number of H-pyrrole nitrogens is 1. The first-order valence-corrected chi connectivity index (χ1v) is 8.40. The van der Waals surface area contributed by atoms with Gasteiger partial charge in [0.05, 0.1) is 23.3 Å². The van der Waals surface area contributed by atoms with E-state index in [0.29, 0.717) is 35.6 Å². The summed E-state index contributed by atoms with van der Waals surface area (Å²) in [5.74, 6) is -1.44. The number of nitrogens with one attached hydrogen (secondary N) is 1. The Morgan fingerprint density at radius 3 is 2.69 bits per heavy atom. The second-order valence-electron chi connectivity index (χ2n) is 6.42. The van der Waals surface area contributed by atoms with Crippen molar-refractivity contribution in [1.82, 2.24) is 24.6 Å². The second kappa shape index (κ2) is 6.74. The molecule has 9 heteroatoms. The van der Waals surface area contributed by atoms with E-state index in [1.165, 1.54) is 18.2 Å². The number of carbonyl (C=O) groups is 3. The summed E-state index contributed by atoms with van der Waals surface area (Å²) in [5.41, 5.74) is 3.06. The Morgan fingerprint density at radius 1 is 1.35 bits per heavy atom. The fourth-order valence-electron chi connectivity index (χ4n) is 3.56. The Hall–Kier alpha value is -2.97. The van der Waals surface area contributed by atoms with Crippen LogP contribution in [-0.2, 0) is 22.6 Å². The number of imidazole rings is 1. The Balaban J connectivity index is 1.76. The number of hydrogen-bond donors (Lipinski definition) is 2. The number of nitrogens with zero attached hydrogens (tertiary/aromatic N) is 4. The van der Waals surface area contributed by atoms with Crippen molar-refractivity contribution >= 4 is 17.7 Å². The first kappa shape index (κ1) is 17.8. The van der Waals surface area contributed by atoms with E-state index in [1.807, 2.05) is 0 Å². The van der Waals surface area contributed by atoms with E-state index in [1.54, 1.807) is 18.5 Å². The Morgan fingerprint density at radius 2 is 2.08 bits per heavy atom. The number of aliphatic carboxylic acids is 1. The summed E-state index contributed by atoms with van der Waals surface area (Å²) >= 11 is 0. The molecule has 0 aromatic carbocycles. The van der Waals surface area contributed by atoms with E-state index >= 15 is 0 Å². The van der Waals surface area contributed by atoms with Crippen LogP contribution in [0.25, 0.3) is 0 Å². The fourth-order valence-corrected chi connectivity index (χ4v) is 3.56. The van der Waals surface area contributed by atoms with Crippen molar-refractivity contribution in [2.45, 2.75) is 46.2 Å². The molecule has 0 radical (unpaired) electrons. The SMILES string of the molecule is CC(=O)c1c(C)nn(CCC(=O)N2CCc3[nH]cnc3[C@H]2C(=O)O)c1C. The molecule has 3 rings (SSSR count). The lowest BCUT2D eigenvalue weighted by Gasteiger charge is -2.32. The van der Waals surface area contributed by atoms with Gasteiger partial charge in [-0.1, -0.05) is 0 Å². The zero-order valence-corrected chi connectivity index (χ0v) is 14.9. The average Bonchev–Trinajstić information content (AvgIpc) is 3.15. The fraction of sp³-hybridized carbons (Fsp3) is 0.471. The molecule has 26 heavy (non-hydrogen) atoms. The maximum atomic E-state index is 12.7. The molecular formula is C17H21N5O4. The average molecular weight is 359 g/mol. The van der Waals surface area contributed by atoms with Crippen molar-refractivity contribution in [2.75, 3.05) is 6.54 Å². The molecule has 1 amide bonds. The molecule has 1 aliphatic rings. The predicted molar refractivity (Wildman–Crippen MR) is 90.7 cm³/mol. The van der Waals surface area contributed by atoms with Gasteiger partial charge in [0.25, 0.3) is 0 Å². The zero-order chi connectivity index (χ0) is 19.0. The molecule has 2 N–H and O–H groups in total. The summed E-state index contributed by atoms with van der Waals surface area (Å²) < 4.78 is 1.63. The number of carboxylic acid groups (broad SMARTS) is 1. The number of fused-ring (bicyclic) bond motifs is 1. The van der Waals surface area contributed by atoms with Gasteiger partial charge in [-0.2, -0.15) is 5.10 Å². The molecule has 0 bridgehead atoms. The van der Waals surface area contributed by atoms with Gasteiger partial charge in [0.1, 0.15) is 0 Å². The van der Waals surface area contributed by atoms with Gasteiger partial charge in [-0.15, -0.1) is 0 Å². The molecule has 0 aliphatic carbocycles. The van der Waals surface area contributed by atoms with Crippen LogP contribution in [0.15, 0.2) is 6.33 Å². The molecule has 3 heterocycles. The minimum atomic E-state index is -1.10. The van der Waals surface area contributed by atoms with Gasteiger partial charge in [-0.05, 0) is 20.8 Å². The third-order valence-corrected chi connectivity index (χ3v) is 4.75. The monoisotopic (exact) mass is 359 g/mol. The molecule has 0 spiro atoms. The van der Waals surface area contributed by atoms with E-state index in [9.17, 15) is 19.5 Å². The number of ketones is 1. The third-order valence-electron chi connectivity index (χ3n) is 4.75. The van der Waals surface area contributed by atoms with Crippen LogP contribution in [-0.4, -0.2) is 54.0 Å². The highest BCUT2D eigenvalue weighted by Crippen LogP contribution is 2.28. The molecule has 138 valence electrons. The smallest absolute Gasteiger partial charge is 0.332 e. The first-order chi connectivity index (χ1) is 12.3. The second-order valence-corrected chi connectivity index (χ2v) is 6.42. The maximum Gasteiger partial charge on any atom is 0.332 e. The van der Waals surface area contributed by atoms with Gasteiger partial charge >= 0.3 is 5.97 Å². The summed E-state index contributed by atoms with van der Waals surface area (Å²) in [7, 11) is 0. The quantitative estimate of drug-likeness (QED) is 0.769. The maximum absolute atomic E-state index is 12.7. The molecular weight excluding hydrogens is 338 g/mol. The van der Waals surface area contributed by atoms with Crippen molar-refractivity contribution in [2.24, 2.45) is 0 Å². The lowest BCUT2D eigenvalue weighted by Crippen LogP contribution is -2.44. The number of aromatic nitrogens is 4. The van der Waals surface area contributed by atoms with E-state index in [4.69, 9.17) is 0 Å². The highest BCUT2D eigenvalue weighted by Gasteiger charge is 2.37. The molecule has 0 fully saturated rings. The summed E-state index contributed by atoms with van der Waals surface area (Å²) in [6.07, 6.45) is 2.09. The number of hydrogen-bond acceptors (Lipinski definition) is 5. The van der Waals surface area contributed by atoms with Gasteiger partial charge in [0, 0.05) is 37.3 Å². The van der Waals surface area contributed by atoms with E-state index < -0.39 is 12.0 Å². The topological polar surface area (TPSA) is 121 Å². The predicted octanol–water partition coefficient (Wildman–Crippen LogP) is 1.03. The lowest BCUT2D eigenvalue weighted by atomic mass is 10.0. The van der Waals surface area contributed by atoms with Crippen molar-refractivity contribution in [3.8, 4) is 0 Å². The van der Waals surface area contributed by atoms with Gasteiger partial charge in [0.15, 0.2) is 11.8 Å². The highest BCUT2D eigenvalue weighted by molar-refractivity contribution is 5.96. The molecule has 2 aromatic heterocycles. The van der Waals surface area contributed by atoms with E-state index in [0.717, 1.165) is 5.69 Å². The van der Waals surface area contributed by atoms with Gasteiger partial charge in [0.2, 0.25) is 5.91 Å². The normalized spacial score (nSPS) is 16.4. The number of aryl methyl sites for hydroxylation is 2. The Bertz CT molecular complexity index is 882. The Kier molecular flexibility index (Phi) is 4.62. The minimum Gasteiger partial charge on any atom is -0.479 e. The summed E-state index contributed by atoms with van der Waals surface area (Å²) in [5, 5.41) is 13.9. The third kappa shape index (κ3) is 3.00. The van der Waals surface area contributed by atoms with Crippen LogP contribution < -0.4 is 0 Å². The van der Waals surface area contributed by atoms with Gasteiger partial charge in [-0.25, -0.2) is 9.78 Å². The molecule has 0 saturated heterocycles. The number of aromatic amines is 1. The van der Waals surface area contributed by atoms with Gasteiger partial charge < -0.3 is 15.0 Å². The van der Waals surface area contributed by atoms with Crippen LogP contribution in [0, 0.1) is 13.8 Å². The summed E-state index contributed by atoms with van der Waals surface area (Å²) in [4.78, 5) is 44.4. The number of amides is 1. The molecule has 0 unspecified atom stereocenters. The number of carboxylic acids is 1. The largest absolute Gasteiger partial charge is 0.479 e. The highest BCUT2D eigenvalue weighted by atomic mass is 16.4. The Labute approximate surface area is 150 Å². The van der Waals surface area contributed by atoms with E-state index in [-0.39, 0.29) is 24.7 Å². The number of Topliss-reactive ketones (excluding diaryl/α,β-unsaturated/α-hetero) is 1. The van der Waals surface area contributed by atoms with Crippen molar-refractivity contribution in [1.29, 1.82) is 0 Å². The first-order valence-electron chi connectivity index (χ1n) is 8.40. The van der Waals surface area contributed by atoms with Crippen LogP contribution >= 0.6 is 0 Å². The minimum absolute atomic E-state index is 0.0643. The van der Waals surface area contributed by atoms with Gasteiger partial charge in [-0.3, -0.25) is 14.3 Å². The number of rotatable bonds is 5. The molecule has 2 aromatic rings. The molecule has 1 aliphatic heterocycles. The van der Waals surface area contributed by atoms with Crippen LogP contribution in [0.4, 0.5) is 0 Å². The molecule has 0 saturated carbocycles.